The Kier molecular flexibility index (Phi) is 6.37. The smallest absolute Gasteiger partial charge is 0.270 e. The molecule has 6 heteroatoms. The fraction of sp³-hybridized carbons (Fsp3) is 0.273. The summed E-state index contributed by atoms with van der Waals surface area (Å²) in [7, 11) is 1.63. The summed E-state index contributed by atoms with van der Waals surface area (Å²) >= 11 is 6.01. The molecule has 0 bridgehead atoms. The van der Waals surface area contributed by atoms with Gasteiger partial charge in [0.25, 0.3) is 5.91 Å². The number of hydrogen-bond acceptors (Lipinski definition) is 3. The maximum atomic E-state index is 12.8. The molecule has 1 N–H and O–H groups in total. The van der Waals surface area contributed by atoms with Gasteiger partial charge in [0, 0.05) is 17.1 Å². The highest BCUT2D eigenvalue weighted by Crippen LogP contribution is 2.24. The minimum Gasteiger partial charge on any atom is -0.497 e. The van der Waals surface area contributed by atoms with E-state index in [-0.39, 0.29) is 5.91 Å². The van der Waals surface area contributed by atoms with Crippen LogP contribution in [0.3, 0.4) is 0 Å². The van der Waals surface area contributed by atoms with Crippen LogP contribution in [-0.2, 0) is 0 Å². The molecule has 146 valence electrons. The zero-order valence-corrected chi connectivity index (χ0v) is 17.0. The lowest BCUT2D eigenvalue weighted by Crippen LogP contribution is -2.27. The molecule has 0 aliphatic heterocycles. The standard InChI is InChI=1S/C22H24ClN3O2/c1-15(2)12-13-24-22(27)21-14-20(16-4-10-19(28-3)11-5-16)25-26(21)18-8-6-17(23)7-9-18/h4-11,14-15H,12-13H2,1-3H3,(H,24,27). The third-order valence-corrected chi connectivity index (χ3v) is 4.66. The minimum absolute atomic E-state index is 0.150. The summed E-state index contributed by atoms with van der Waals surface area (Å²) < 4.78 is 6.87. The zero-order valence-electron chi connectivity index (χ0n) is 16.3. The van der Waals surface area contributed by atoms with Crippen molar-refractivity contribution < 1.29 is 9.53 Å². The highest BCUT2D eigenvalue weighted by molar-refractivity contribution is 6.30. The third kappa shape index (κ3) is 4.73. The van der Waals surface area contributed by atoms with Gasteiger partial charge in [-0.25, -0.2) is 4.68 Å². The number of methoxy groups -OCH3 is 1. The minimum atomic E-state index is -0.150. The average molecular weight is 398 g/mol. The van der Waals surface area contributed by atoms with Gasteiger partial charge in [-0.1, -0.05) is 25.4 Å². The van der Waals surface area contributed by atoms with Crippen LogP contribution < -0.4 is 10.1 Å². The second-order valence-corrected chi connectivity index (χ2v) is 7.41. The van der Waals surface area contributed by atoms with E-state index in [2.05, 4.69) is 24.3 Å². The molecule has 0 saturated heterocycles. The first-order valence-corrected chi connectivity index (χ1v) is 9.64. The monoisotopic (exact) mass is 397 g/mol. The SMILES string of the molecule is COc1ccc(-c2cc(C(=O)NCCC(C)C)n(-c3ccc(Cl)cc3)n2)cc1. The first kappa shape index (κ1) is 20.0. The molecule has 0 saturated carbocycles. The molecule has 0 unspecified atom stereocenters. The largest absolute Gasteiger partial charge is 0.497 e. The van der Waals surface area contributed by atoms with Gasteiger partial charge >= 0.3 is 0 Å². The lowest BCUT2D eigenvalue weighted by atomic mass is 10.1. The zero-order chi connectivity index (χ0) is 20.1. The summed E-state index contributed by atoms with van der Waals surface area (Å²) in [6.45, 7) is 4.89. The number of amides is 1. The van der Waals surface area contributed by atoms with E-state index >= 15 is 0 Å². The summed E-state index contributed by atoms with van der Waals surface area (Å²) in [5.74, 6) is 1.15. The van der Waals surface area contributed by atoms with Crippen molar-refractivity contribution in [2.24, 2.45) is 5.92 Å². The number of rotatable bonds is 7. The Morgan fingerprint density at radius 1 is 1.14 bits per heavy atom. The summed E-state index contributed by atoms with van der Waals surface area (Å²) in [4.78, 5) is 12.8. The molecule has 0 fully saturated rings. The number of halogens is 1. The number of carbonyl (C=O) groups is 1. The van der Waals surface area contributed by atoms with Crippen molar-refractivity contribution in [1.82, 2.24) is 15.1 Å². The number of nitrogens with zero attached hydrogens (tertiary/aromatic N) is 2. The van der Waals surface area contributed by atoms with Gasteiger partial charge in [0.05, 0.1) is 18.5 Å². The lowest BCUT2D eigenvalue weighted by molar-refractivity contribution is 0.0944. The van der Waals surface area contributed by atoms with E-state index in [4.69, 9.17) is 16.3 Å². The van der Waals surface area contributed by atoms with Crippen LogP contribution in [0, 0.1) is 5.92 Å². The van der Waals surface area contributed by atoms with Gasteiger partial charge < -0.3 is 10.1 Å². The Hall–Kier alpha value is -2.79. The fourth-order valence-electron chi connectivity index (χ4n) is 2.79. The van der Waals surface area contributed by atoms with E-state index in [1.807, 2.05) is 36.4 Å². The number of carbonyl (C=O) groups excluding carboxylic acids is 1. The van der Waals surface area contributed by atoms with Crippen LogP contribution in [0.2, 0.25) is 5.02 Å². The number of hydrogen-bond donors (Lipinski definition) is 1. The number of aromatic nitrogens is 2. The van der Waals surface area contributed by atoms with Crippen LogP contribution in [0.25, 0.3) is 16.9 Å². The highest BCUT2D eigenvalue weighted by atomic mass is 35.5. The van der Waals surface area contributed by atoms with E-state index in [1.165, 1.54) is 0 Å². The van der Waals surface area contributed by atoms with E-state index in [9.17, 15) is 4.79 Å². The van der Waals surface area contributed by atoms with Crippen LogP contribution in [0.15, 0.2) is 54.6 Å². The quantitative estimate of drug-likeness (QED) is 0.611. The molecule has 2 aromatic carbocycles. The second kappa shape index (κ2) is 8.93. The van der Waals surface area contributed by atoms with Crippen molar-refractivity contribution in [3.63, 3.8) is 0 Å². The number of benzene rings is 2. The normalized spacial score (nSPS) is 10.9. The number of ether oxygens (including phenoxy) is 1. The molecule has 3 aromatic rings. The van der Waals surface area contributed by atoms with E-state index in [1.54, 1.807) is 30.0 Å². The average Bonchev–Trinajstić information content (AvgIpc) is 3.14. The van der Waals surface area contributed by atoms with Gasteiger partial charge in [-0.05, 0) is 66.9 Å². The van der Waals surface area contributed by atoms with Gasteiger partial charge in [0.1, 0.15) is 11.4 Å². The summed E-state index contributed by atoms with van der Waals surface area (Å²) in [5.41, 5.74) is 2.88. The molecule has 1 heterocycles. The Morgan fingerprint density at radius 3 is 2.43 bits per heavy atom. The first-order valence-electron chi connectivity index (χ1n) is 9.26. The van der Waals surface area contributed by atoms with E-state index in [0.29, 0.717) is 28.9 Å². The van der Waals surface area contributed by atoms with Gasteiger partial charge in [0.2, 0.25) is 0 Å². The topological polar surface area (TPSA) is 56.1 Å². The van der Waals surface area contributed by atoms with Crippen molar-refractivity contribution in [3.8, 4) is 22.7 Å². The van der Waals surface area contributed by atoms with Crippen molar-refractivity contribution in [2.75, 3.05) is 13.7 Å². The number of nitrogens with one attached hydrogen (secondary N) is 1. The third-order valence-electron chi connectivity index (χ3n) is 4.41. The van der Waals surface area contributed by atoms with Crippen molar-refractivity contribution in [1.29, 1.82) is 0 Å². The molecule has 0 spiro atoms. The maximum Gasteiger partial charge on any atom is 0.270 e. The molecule has 1 amide bonds. The van der Waals surface area contributed by atoms with Gasteiger partial charge in [-0.15, -0.1) is 0 Å². The molecule has 0 radical (unpaired) electrons. The van der Waals surface area contributed by atoms with Crippen molar-refractivity contribution >= 4 is 17.5 Å². The van der Waals surface area contributed by atoms with Crippen molar-refractivity contribution in [3.05, 3.63) is 65.3 Å². The molecule has 0 aliphatic rings. The first-order chi connectivity index (χ1) is 13.5. The summed E-state index contributed by atoms with van der Waals surface area (Å²) in [6, 6.07) is 16.7. The molecular formula is C22H24ClN3O2. The molecular weight excluding hydrogens is 374 g/mol. The predicted octanol–water partition coefficient (Wildman–Crippen LogP) is 4.98. The molecule has 1 aromatic heterocycles. The van der Waals surface area contributed by atoms with Gasteiger partial charge in [-0.2, -0.15) is 5.10 Å². The second-order valence-electron chi connectivity index (χ2n) is 6.97. The van der Waals surface area contributed by atoms with E-state index in [0.717, 1.165) is 23.4 Å². The molecule has 5 nitrogen and oxygen atoms in total. The fourth-order valence-corrected chi connectivity index (χ4v) is 2.92. The van der Waals surface area contributed by atoms with Crippen LogP contribution in [0.1, 0.15) is 30.8 Å². The van der Waals surface area contributed by atoms with Gasteiger partial charge in [0.15, 0.2) is 0 Å². The van der Waals surface area contributed by atoms with Crippen LogP contribution in [-0.4, -0.2) is 29.3 Å². The highest BCUT2D eigenvalue weighted by Gasteiger charge is 2.17. The van der Waals surface area contributed by atoms with E-state index < -0.39 is 0 Å². The van der Waals surface area contributed by atoms with Crippen molar-refractivity contribution in [2.45, 2.75) is 20.3 Å². The summed E-state index contributed by atoms with van der Waals surface area (Å²) in [5, 5.41) is 8.29. The predicted molar refractivity (Wildman–Crippen MR) is 112 cm³/mol. The Labute approximate surface area is 170 Å². The maximum absolute atomic E-state index is 12.8. The molecule has 3 rings (SSSR count). The molecule has 28 heavy (non-hydrogen) atoms. The Morgan fingerprint density at radius 2 is 1.82 bits per heavy atom. The lowest BCUT2D eigenvalue weighted by Gasteiger charge is -2.09. The van der Waals surface area contributed by atoms with Gasteiger partial charge in [-0.3, -0.25) is 4.79 Å². The summed E-state index contributed by atoms with van der Waals surface area (Å²) in [6.07, 6.45) is 0.923. The molecule has 0 aliphatic carbocycles. The Bertz CT molecular complexity index is 931. The molecule has 0 atom stereocenters. The van der Waals surface area contributed by atoms with Crippen LogP contribution in [0.4, 0.5) is 0 Å². The Balaban J connectivity index is 1.96. The van der Waals surface area contributed by atoms with Crippen LogP contribution >= 0.6 is 11.6 Å². The van der Waals surface area contributed by atoms with Crippen LogP contribution in [0.5, 0.6) is 5.75 Å².